The molecule has 1 aliphatic heterocycles. The number of aromatic nitrogens is 8. The minimum Gasteiger partial charge on any atom is -0.391 e. The van der Waals surface area contributed by atoms with Gasteiger partial charge < -0.3 is 26.0 Å². The van der Waals surface area contributed by atoms with Gasteiger partial charge >= 0.3 is 11.4 Å². The number of carbonyl (C=O) groups excluding carboxylic acids is 3. The lowest BCUT2D eigenvalue weighted by Crippen LogP contribution is -2.57. The molecule has 0 bridgehead atoms. The van der Waals surface area contributed by atoms with Crippen LogP contribution < -0.4 is 27.3 Å². The van der Waals surface area contributed by atoms with Gasteiger partial charge in [0.2, 0.25) is 23.7 Å². The Morgan fingerprint density at radius 3 is 2.43 bits per heavy atom. The van der Waals surface area contributed by atoms with Crippen LogP contribution >= 0.6 is 22.9 Å². The number of hydrogen-bond acceptors (Lipinski definition) is 12. The van der Waals surface area contributed by atoms with Crippen molar-refractivity contribution >= 4 is 63.2 Å². The number of rotatable bonds is 17. The van der Waals surface area contributed by atoms with E-state index in [9.17, 15) is 42.3 Å². The van der Waals surface area contributed by atoms with Gasteiger partial charge in [0.15, 0.2) is 11.6 Å². The number of carbonyl (C=O) groups is 3. The summed E-state index contributed by atoms with van der Waals surface area (Å²) in [5.41, 5.74) is 0.936. The maximum Gasteiger partial charge on any atom is 0.355 e. The summed E-state index contributed by atoms with van der Waals surface area (Å²) in [4.78, 5) is 75.1. The van der Waals surface area contributed by atoms with Crippen LogP contribution in [-0.4, -0.2) is 91.4 Å². The van der Waals surface area contributed by atoms with Crippen LogP contribution in [0.3, 0.4) is 0 Å². The number of hydrogen-bond donors (Lipinski definition) is 4. The number of halogens is 4. The normalized spacial score (nSPS) is 15.3. The second kappa shape index (κ2) is 21.3. The number of amides is 3. The first-order valence-electron chi connectivity index (χ1n) is 23.1. The van der Waals surface area contributed by atoms with Gasteiger partial charge in [-0.3, -0.25) is 28.3 Å². The number of thiophene rings is 1. The number of benzene rings is 3. The third-order valence-electron chi connectivity index (χ3n) is 12.3. The molecule has 3 atom stereocenters. The van der Waals surface area contributed by atoms with Crippen LogP contribution in [0.25, 0.3) is 21.3 Å². The first-order valence-corrected chi connectivity index (χ1v) is 24.3. The third-order valence-corrected chi connectivity index (χ3v) is 13.7. The molecule has 4 N–H and O–H groups in total. The van der Waals surface area contributed by atoms with Gasteiger partial charge in [0.05, 0.1) is 41.6 Å². The highest BCUT2D eigenvalue weighted by atomic mass is 35.5. The van der Waals surface area contributed by atoms with E-state index in [-0.39, 0.29) is 54.8 Å². The highest BCUT2D eigenvalue weighted by Crippen LogP contribution is 2.31. The van der Waals surface area contributed by atoms with Crippen LogP contribution in [0.1, 0.15) is 68.8 Å². The van der Waals surface area contributed by atoms with Crippen molar-refractivity contribution in [2.75, 3.05) is 11.9 Å². The molecular weight excluding hydrogens is 977 g/mol. The molecule has 23 heteroatoms. The molecule has 1 aliphatic rings. The van der Waals surface area contributed by atoms with Gasteiger partial charge in [-0.15, -0.1) is 16.4 Å². The molecule has 8 rings (SSSR count). The largest absolute Gasteiger partial charge is 0.391 e. The minimum atomic E-state index is -1.43. The number of likely N-dealkylation sites (tertiary alicyclic amines) is 1. The fourth-order valence-electron chi connectivity index (χ4n) is 8.49. The summed E-state index contributed by atoms with van der Waals surface area (Å²) in [6.07, 6.45) is 3.18. The van der Waals surface area contributed by atoms with E-state index in [0.717, 1.165) is 20.3 Å². The standard InChI is InChI=1S/C49H52ClF3N12O6S/c1-27-13-15-72-42(27)29-11-9-28(10-12-29)21-54-44(68)40-18-33(66)26-63(40)45(69)43(49(2,3)4)56-41(67)8-6-7-14-62-24-32(58-60-62)25-65-47(70)57-46(55-39-17-31-22-61(5)59-38(31)19-34(39)50)64(48(65)71)23-30-16-36(52)37(53)20-35(30)51/h9-13,15-17,19-20,22,24,33,40,43,66H,6-8,14,18,21,23,25-26H2,1-5H3,(H,54,68)(H,56,67)(H,55,57,70)/t33-,40+,43-/m1/s1. The van der Waals surface area contributed by atoms with Gasteiger partial charge in [0, 0.05) is 67.6 Å². The number of unbranched alkanes of at least 4 members (excludes halogenated alkanes) is 1. The topological polar surface area (TPSA) is 216 Å². The second-order valence-electron chi connectivity index (χ2n) is 18.9. The summed E-state index contributed by atoms with van der Waals surface area (Å²) < 4.78 is 47.8. The molecule has 5 heterocycles. The Morgan fingerprint density at radius 2 is 1.71 bits per heavy atom. The Morgan fingerprint density at radius 1 is 0.958 bits per heavy atom. The molecule has 3 aromatic carbocycles. The number of anilines is 2. The number of nitrogens with zero attached hydrogens (tertiary/aromatic N) is 9. The highest BCUT2D eigenvalue weighted by Gasteiger charge is 2.44. The lowest BCUT2D eigenvalue weighted by molar-refractivity contribution is -0.144. The molecule has 72 heavy (non-hydrogen) atoms. The van der Waals surface area contributed by atoms with Crippen molar-refractivity contribution in [1.82, 2.24) is 54.4 Å². The third kappa shape index (κ3) is 11.6. The summed E-state index contributed by atoms with van der Waals surface area (Å²) in [5, 5.41) is 34.6. The smallest absolute Gasteiger partial charge is 0.355 e. The number of nitrogens with one attached hydrogen (secondary N) is 3. The van der Waals surface area contributed by atoms with E-state index in [1.54, 1.807) is 62.2 Å². The highest BCUT2D eigenvalue weighted by molar-refractivity contribution is 7.13. The molecule has 0 radical (unpaired) electrons. The molecule has 378 valence electrons. The van der Waals surface area contributed by atoms with Crippen molar-refractivity contribution in [3.05, 3.63) is 138 Å². The van der Waals surface area contributed by atoms with E-state index in [0.29, 0.717) is 35.9 Å². The summed E-state index contributed by atoms with van der Waals surface area (Å²) in [6, 6.07) is 12.1. The quantitative estimate of drug-likeness (QED) is 0.0631. The van der Waals surface area contributed by atoms with Crippen molar-refractivity contribution in [3.63, 3.8) is 0 Å². The Bertz CT molecular complexity index is 3290. The molecule has 0 aliphatic carbocycles. The van der Waals surface area contributed by atoms with E-state index in [1.807, 2.05) is 29.6 Å². The van der Waals surface area contributed by atoms with Gasteiger partial charge in [-0.2, -0.15) is 10.1 Å². The predicted octanol–water partition coefficient (Wildman–Crippen LogP) is 5.81. The van der Waals surface area contributed by atoms with Gasteiger partial charge in [-0.25, -0.2) is 27.3 Å². The Balaban J connectivity index is 0.881. The monoisotopic (exact) mass is 1030 g/mol. The maximum atomic E-state index is 15.0. The molecule has 0 unspecified atom stereocenters. The summed E-state index contributed by atoms with van der Waals surface area (Å²) in [6.45, 7) is 6.83. The van der Waals surface area contributed by atoms with Gasteiger partial charge in [0.1, 0.15) is 23.6 Å². The van der Waals surface area contributed by atoms with Crippen LogP contribution in [-0.2, 0) is 47.6 Å². The number of fused-ring (bicyclic) bond motifs is 1. The van der Waals surface area contributed by atoms with Crippen LogP contribution in [0.4, 0.5) is 24.8 Å². The zero-order valence-corrected chi connectivity index (χ0v) is 41.5. The first kappa shape index (κ1) is 51.2. The number of aliphatic hydroxyl groups excluding tert-OH is 1. The van der Waals surface area contributed by atoms with Crippen molar-refractivity contribution in [3.8, 4) is 10.4 Å². The molecule has 1 saturated heterocycles. The first-order chi connectivity index (χ1) is 34.2. The zero-order valence-electron chi connectivity index (χ0n) is 40.0. The molecule has 4 aromatic heterocycles. The van der Waals surface area contributed by atoms with E-state index in [1.165, 1.54) is 26.2 Å². The van der Waals surface area contributed by atoms with Crippen molar-refractivity contribution < 1.29 is 32.7 Å². The van der Waals surface area contributed by atoms with Crippen LogP contribution in [0.2, 0.25) is 5.02 Å². The van der Waals surface area contributed by atoms with Gasteiger partial charge in [-0.1, -0.05) is 61.9 Å². The minimum absolute atomic E-state index is 0.0413. The molecule has 0 saturated carbocycles. The van der Waals surface area contributed by atoms with Crippen molar-refractivity contribution in [2.45, 2.75) is 97.7 Å². The molecule has 7 aromatic rings. The fraction of sp³-hybridized carbons (Fsp3) is 0.367. The predicted molar refractivity (Wildman–Crippen MR) is 264 cm³/mol. The number of β-amino-alcohol motifs (C(OH)–C–C–N with tert-alkyl or cyclic N) is 1. The Kier molecular flexibility index (Phi) is 15.1. The molecule has 0 spiro atoms. The SMILES string of the molecule is Cc1ccsc1-c1ccc(CNC(=O)[C@@H]2C[C@@H](O)CN2C(=O)[C@@H](NC(=O)CCCCn2cc(Cn3c(=O)nc(Nc4cc5cn(C)nc5cc4Cl)n(Cc4cc(F)c(F)cc4F)c3=O)nn2)C(C)(C)C)cc1. The van der Waals surface area contributed by atoms with E-state index in [4.69, 9.17) is 11.6 Å². The van der Waals surface area contributed by atoms with Crippen LogP contribution in [0.5, 0.6) is 0 Å². The average Bonchev–Trinajstić information content (AvgIpc) is 4.14. The molecule has 18 nitrogen and oxygen atoms in total. The Labute approximate surface area is 419 Å². The fourth-order valence-corrected chi connectivity index (χ4v) is 9.63. The Hall–Kier alpha value is -7.17. The van der Waals surface area contributed by atoms with E-state index in [2.05, 4.69) is 49.3 Å². The van der Waals surface area contributed by atoms with Crippen LogP contribution in [0.15, 0.2) is 82.0 Å². The average molecular weight is 1030 g/mol. The number of aryl methyl sites for hydroxylation is 3. The van der Waals surface area contributed by atoms with E-state index < -0.39 is 88.8 Å². The van der Waals surface area contributed by atoms with Gasteiger partial charge in [0.25, 0.3) is 0 Å². The van der Waals surface area contributed by atoms with E-state index >= 15 is 0 Å². The molecule has 1 fully saturated rings. The maximum absolute atomic E-state index is 15.0. The number of aliphatic hydroxyl groups is 1. The van der Waals surface area contributed by atoms with Crippen LogP contribution in [0, 0.1) is 29.8 Å². The van der Waals surface area contributed by atoms with Crippen molar-refractivity contribution in [2.24, 2.45) is 12.5 Å². The summed E-state index contributed by atoms with van der Waals surface area (Å²) >= 11 is 8.17. The lowest BCUT2D eigenvalue weighted by atomic mass is 9.85. The molecule has 3 amide bonds. The van der Waals surface area contributed by atoms with Crippen molar-refractivity contribution in [1.29, 1.82) is 0 Å². The van der Waals surface area contributed by atoms with Gasteiger partial charge in [-0.05, 0) is 71.5 Å². The lowest BCUT2D eigenvalue weighted by Gasteiger charge is -2.35. The molecular formula is C49H52ClF3N12O6S. The summed E-state index contributed by atoms with van der Waals surface area (Å²) in [7, 11) is 1.71. The zero-order chi connectivity index (χ0) is 51.6. The second-order valence-corrected chi connectivity index (χ2v) is 20.2. The summed E-state index contributed by atoms with van der Waals surface area (Å²) in [5.74, 6) is -5.56.